The normalized spacial score (nSPS) is 11.9. The van der Waals surface area contributed by atoms with Gasteiger partial charge in [-0.25, -0.2) is 0 Å². The minimum atomic E-state index is 0.0136. The molecule has 1 N–H and O–H groups in total. The molecule has 0 radical (unpaired) electrons. The Labute approximate surface area is 556 Å². The fourth-order valence-electron chi connectivity index (χ4n) is 13.2. The van der Waals surface area contributed by atoms with Crippen molar-refractivity contribution in [2.24, 2.45) is 0 Å². The van der Waals surface area contributed by atoms with Crippen molar-refractivity contribution in [3.05, 3.63) is 0 Å². The molecule has 0 aromatic heterocycles. The van der Waals surface area contributed by atoms with Crippen LogP contribution in [0.5, 0.6) is 0 Å². The highest BCUT2D eigenvalue weighted by atomic mass is 16.6. The molecular weight excluding hydrogens is 1100 g/mol. The van der Waals surface area contributed by atoms with Crippen LogP contribution in [0.3, 0.4) is 0 Å². The van der Waals surface area contributed by atoms with Gasteiger partial charge in [-0.2, -0.15) is 0 Å². The third-order valence-corrected chi connectivity index (χ3v) is 19.1. The molecule has 0 aromatic rings. The number of nitrogens with zero attached hydrogens (tertiary/aromatic N) is 2. The maximum Gasteiger partial charge on any atom is 0.306 e. The van der Waals surface area contributed by atoms with Crippen LogP contribution in [0.1, 0.15) is 433 Å². The van der Waals surface area contributed by atoms with E-state index < -0.39 is 0 Å². The van der Waals surface area contributed by atoms with Crippen molar-refractivity contribution in [1.82, 2.24) is 9.80 Å². The fourth-order valence-corrected chi connectivity index (χ4v) is 13.2. The van der Waals surface area contributed by atoms with Gasteiger partial charge in [0.2, 0.25) is 0 Å². The standard InChI is InChI=1S/C80H158N2O7/c1-7-13-19-25-34-46-59-75(60-47-35-26-20-14-8-2)87-78(84)65-52-40-31-43-55-68-81(69-56-44-32-41-53-66-79(85)88-76(61-48-36-27-21-15-9-3)62-49-37-28-22-16-10-4)71-58-72-82(73-74-83)70-57-45-33-42-54-67-80(86)89-77(63-50-38-29-23-17-11-5)64-51-39-30-24-18-12-6/h75-77,83H,7-74H2,1-6H3. The Hall–Kier alpha value is -1.71. The second-order valence-corrected chi connectivity index (χ2v) is 28.0. The van der Waals surface area contributed by atoms with E-state index in [9.17, 15) is 19.5 Å². The van der Waals surface area contributed by atoms with Gasteiger partial charge < -0.3 is 29.1 Å². The molecule has 9 heteroatoms. The van der Waals surface area contributed by atoms with Crippen molar-refractivity contribution >= 4 is 17.9 Å². The molecule has 0 aromatic carbocycles. The van der Waals surface area contributed by atoms with Gasteiger partial charge in [0.15, 0.2) is 0 Å². The summed E-state index contributed by atoms with van der Waals surface area (Å²) in [6.07, 6.45) is 71.6. The Kier molecular flexibility index (Phi) is 70.7. The summed E-state index contributed by atoms with van der Waals surface area (Å²) in [6, 6.07) is 0. The van der Waals surface area contributed by atoms with Gasteiger partial charge in [-0.15, -0.1) is 0 Å². The van der Waals surface area contributed by atoms with E-state index in [0.717, 1.165) is 155 Å². The van der Waals surface area contributed by atoms with Crippen LogP contribution in [-0.4, -0.2) is 97.0 Å². The number of hydrogen-bond acceptors (Lipinski definition) is 9. The van der Waals surface area contributed by atoms with Gasteiger partial charge in [-0.05, 0) is 155 Å². The molecule has 9 nitrogen and oxygen atoms in total. The number of esters is 3. The predicted molar refractivity (Wildman–Crippen MR) is 385 cm³/mol. The van der Waals surface area contributed by atoms with E-state index in [-0.39, 0.29) is 42.8 Å². The number of aliphatic hydroxyl groups excluding tert-OH is 1. The summed E-state index contributed by atoms with van der Waals surface area (Å²) in [5.41, 5.74) is 0. The van der Waals surface area contributed by atoms with Crippen LogP contribution >= 0.6 is 0 Å². The van der Waals surface area contributed by atoms with E-state index in [2.05, 4.69) is 51.3 Å². The van der Waals surface area contributed by atoms with E-state index in [0.29, 0.717) is 19.3 Å². The number of aliphatic hydroxyl groups is 1. The van der Waals surface area contributed by atoms with Crippen LogP contribution in [-0.2, 0) is 28.6 Å². The molecule has 0 rings (SSSR count). The molecule has 0 atom stereocenters. The molecule has 0 spiro atoms. The quantitative estimate of drug-likeness (QED) is 0.0362. The van der Waals surface area contributed by atoms with E-state index in [1.54, 1.807) is 0 Å². The van der Waals surface area contributed by atoms with Crippen molar-refractivity contribution < 1.29 is 33.7 Å². The summed E-state index contributed by atoms with van der Waals surface area (Å²) in [5.74, 6) is 0.0586. The molecule has 0 unspecified atom stereocenters. The molecule has 530 valence electrons. The number of carbonyl (C=O) groups is 3. The smallest absolute Gasteiger partial charge is 0.306 e. The Morgan fingerprint density at radius 2 is 0.416 bits per heavy atom. The predicted octanol–water partition coefficient (Wildman–Crippen LogP) is 24.2. The molecular formula is C80H158N2O7. The zero-order chi connectivity index (χ0) is 64.8. The summed E-state index contributed by atoms with van der Waals surface area (Å²) in [7, 11) is 0. The lowest BCUT2D eigenvalue weighted by molar-refractivity contribution is -0.151. The van der Waals surface area contributed by atoms with Crippen LogP contribution in [0.4, 0.5) is 0 Å². The Morgan fingerprint density at radius 3 is 0.640 bits per heavy atom. The van der Waals surface area contributed by atoms with Crippen molar-refractivity contribution in [3.8, 4) is 0 Å². The van der Waals surface area contributed by atoms with Crippen LogP contribution in [0.2, 0.25) is 0 Å². The average Bonchev–Trinajstić information content (AvgIpc) is 3.58. The third kappa shape index (κ3) is 64.8. The largest absolute Gasteiger partial charge is 0.462 e. The molecule has 0 heterocycles. The van der Waals surface area contributed by atoms with Gasteiger partial charge in [0, 0.05) is 25.8 Å². The van der Waals surface area contributed by atoms with Gasteiger partial charge in [0.1, 0.15) is 18.3 Å². The Morgan fingerprint density at radius 1 is 0.236 bits per heavy atom. The lowest BCUT2D eigenvalue weighted by Crippen LogP contribution is -2.33. The zero-order valence-corrected chi connectivity index (χ0v) is 61.1. The second kappa shape index (κ2) is 72.1. The molecule has 89 heavy (non-hydrogen) atoms. The van der Waals surface area contributed by atoms with E-state index in [1.807, 2.05) is 0 Å². The van der Waals surface area contributed by atoms with Gasteiger partial charge in [0.05, 0.1) is 6.61 Å². The van der Waals surface area contributed by atoms with E-state index in [4.69, 9.17) is 14.2 Å². The highest BCUT2D eigenvalue weighted by Gasteiger charge is 2.18. The monoisotopic (exact) mass is 1260 g/mol. The Bertz CT molecular complexity index is 1320. The Balaban J connectivity index is 5.22. The molecule has 0 saturated carbocycles. The number of hydrogen-bond donors (Lipinski definition) is 1. The summed E-state index contributed by atoms with van der Waals surface area (Å²) >= 11 is 0. The lowest BCUT2D eigenvalue weighted by Gasteiger charge is -2.26. The fraction of sp³-hybridized carbons (Fsp3) is 0.963. The number of carbonyl (C=O) groups excluding carboxylic acids is 3. The first kappa shape index (κ1) is 87.3. The van der Waals surface area contributed by atoms with Crippen LogP contribution in [0.25, 0.3) is 0 Å². The number of rotatable bonds is 75. The molecule has 0 aliphatic carbocycles. The minimum Gasteiger partial charge on any atom is -0.462 e. The first-order valence-electron chi connectivity index (χ1n) is 40.4. The highest BCUT2D eigenvalue weighted by molar-refractivity contribution is 5.70. The van der Waals surface area contributed by atoms with Crippen molar-refractivity contribution in [2.75, 3.05) is 45.9 Å². The molecule has 0 amide bonds. The summed E-state index contributed by atoms with van der Waals surface area (Å²) in [5, 5.41) is 10.1. The topological polar surface area (TPSA) is 106 Å². The second-order valence-electron chi connectivity index (χ2n) is 28.0. The van der Waals surface area contributed by atoms with Gasteiger partial charge in [-0.1, -0.05) is 292 Å². The zero-order valence-electron chi connectivity index (χ0n) is 61.1. The van der Waals surface area contributed by atoms with Crippen molar-refractivity contribution in [3.63, 3.8) is 0 Å². The molecule has 0 aliphatic heterocycles. The van der Waals surface area contributed by atoms with Crippen LogP contribution in [0, 0.1) is 0 Å². The first-order valence-corrected chi connectivity index (χ1v) is 40.4. The van der Waals surface area contributed by atoms with Gasteiger partial charge in [0.25, 0.3) is 0 Å². The number of unbranched alkanes of at least 4 members (excludes halogenated alkanes) is 42. The van der Waals surface area contributed by atoms with Crippen molar-refractivity contribution in [1.29, 1.82) is 0 Å². The molecule has 0 saturated heterocycles. The SMILES string of the molecule is CCCCCCCCC(CCCCCCCC)OC(=O)CCCCCCCN(CCO)CCCN(CCCCCCCC(=O)OC(CCCCCCCC)CCCCCCCC)CCCCCCCC(=O)OC(CCCCCCCC)CCCCCCCC. The third-order valence-electron chi connectivity index (χ3n) is 19.1. The maximum atomic E-state index is 13.1. The first-order chi connectivity index (χ1) is 43.8. The summed E-state index contributed by atoms with van der Waals surface area (Å²) in [4.78, 5) is 44.4. The summed E-state index contributed by atoms with van der Waals surface area (Å²) in [6.45, 7) is 19.9. The highest BCUT2D eigenvalue weighted by Crippen LogP contribution is 2.23. The van der Waals surface area contributed by atoms with Crippen LogP contribution in [0.15, 0.2) is 0 Å². The summed E-state index contributed by atoms with van der Waals surface area (Å²) < 4.78 is 18.5. The van der Waals surface area contributed by atoms with Gasteiger partial charge >= 0.3 is 17.9 Å². The van der Waals surface area contributed by atoms with Crippen LogP contribution < -0.4 is 0 Å². The average molecular weight is 1260 g/mol. The maximum absolute atomic E-state index is 13.1. The van der Waals surface area contributed by atoms with E-state index in [1.165, 1.54) is 257 Å². The molecule has 0 fully saturated rings. The van der Waals surface area contributed by atoms with Gasteiger partial charge in [-0.3, -0.25) is 14.4 Å². The molecule has 0 bridgehead atoms. The molecule has 0 aliphatic rings. The lowest BCUT2D eigenvalue weighted by atomic mass is 10.0. The number of ether oxygens (including phenoxy) is 3. The minimum absolute atomic E-state index is 0.0136. The van der Waals surface area contributed by atoms with E-state index >= 15 is 0 Å². The van der Waals surface area contributed by atoms with Crippen molar-refractivity contribution in [2.45, 2.75) is 452 Å².